The van der Waals surface area contributed by atoms with Gasteiger partial charge in [0.2, 0.25) is 0 Å². The van der Waals surface area contributed by atoms with Gasteiger partial charge in [0.05, 0.1) is 12.8 Å². The van der Waals surface area contributed by atoms with Gasteiger partial charge in [0, 0.05) is 11.1 Å². The summed E-state index contributed by atoms with van der Waals surface area (Å²) in [5.74, 6) is 0.938. The van der Waals surface area contributed by atoms with Crippen molar-refractivity contribution in [1.29, 1.82) is 0 Å². The summed E-state index contributed by atoms with van der Waals surface area (Å²) >= 11 is 0. The van der Waals surface area contributed by atoms with Gasteiger partial charge in [0.15, 0.2) is 5.75 Å². The van der Waals surface area contributed by atoms with Crippen LogP contribution in [0, 0.1) is 0 Å². The fraction of sp³-hybridized carbons (Fsp3) is 0.0455. The first-order valence-corrected chi connectivity index (χ1v) is 8.35. The lowest BCUT2D eigenvalue weighted by Gasteiger charge is -2.08. The average molecular weight is 342 g/mol. The molecule has 4 aromatic rings. The number of aromatic nitrogens is 2. The molecular formula is C22H18N2O2. The fourth-order valence-corrected chi connectivity index (χ4v) is 2.97. The number of rotatable bonds is 4. The van der Waals surface area contributed by atoms with E-state index in [0.717, 1.165) is 22.6 Å². The largest absolute Gasteiger partial charge is 0.504 e. The Labute approximate surface area is 151 Å². The first kappa shape index (κ1) is 16.0. The van der Waals surface area contributed by atoms with E-state index in [9.17, 15) is 5.11 Å². The van der Waals surface area contributed by atoms with Crippen molar-refractivity contribution in [3.63, 3.8) is 0 Å². The maximum atomic E-state index is 11.0. The maximum Gasteiger partial charge on any atom is 0.170 e. The van der Waals surface area contributed by atoms with Crippen molar-refractivity contribution in [3.05, 3.63) is 84.9 Å². The molecule has 0 saturated heterocycles. The molecule has 0 aliphatic carbocycles. The van der Waals surface area contributed by atoms with E-state index in [-0.39, 0.29) is 5.75 Å². The molecule has 0 spiro atoms. The predicted molar refractivity (Wildman–Crippen MR) is 103 cm³/mol. The van der Waals surface area contributed by atoms with Gasteiger partial charge < -0.3 is 9.84 Å². The normalized spacial score (nSPS) is 10.7. The van der Waals surface area contributed by atoms with Gasteiger partial charge in [0.1, 0.15) is 17.1 Å². The van der Waals surface area contributed by atoms with E-state index in [2.05, 4.69) is 0 Å². The Kier molecular flexibility index (Phi) is 4.15. The number of ether oxygens (including phenoxy) is 1. The molecule has 0 aliphatic heterocycles. The van der Waals surface area contributed by atoms with Crippen molar-refractivity contribution in [1.82, 2.24) is 9.78 Å². The van der Waals surface area contributed by atoms with Crippen molar-refractivity contribution in [2.75, 3.05) is 7.11 Å². The summed E-state index contributed by atoms with van der Waals surface area (Å²) in [7, 11) is 1.64. The van der Waals surface area contributed by atoms with Gasteiger partial charge in [-0.25, -0.2) is 4.68 Å². The molecule has 1 aromatic heterocycles. The minimum absolute atomic E-state index is 0.165. The van der Waals surface area contributed by atoms with Crippen LogP contribution in [0.3, 0.4) is 0 Å². The van der Waals surface area contributed by atoms with Crippen LogP contribution in [0.15, 0.2) is 84.9 Å². The van der Waals surface area contributed by atoms with E-state index in [4.69, 9.17) is 9.84 Å². The van der Waals surface area contributed by atoms with Crippen LogP contribution in [-0.4, -0.2) is 22.0 Å². The van der Waals surface area contributed by atoms with Crippen LogP contribution in [0.25, 0.3) is 28.2 Å². The van der Waals surface area contributed by atoms with Gasteiger partial charge in [-0.3, -0.25) is 0 Å². The SMILES string of the molecule is COc1ccc(-n2nc(-c3ccccc3)c(O)c2-c2ccccc2)cc1. The topological polar surface area (TPSA) is 47.3 Å². The smallest absolute Gasteiger partial charge is 0.170 e. The Morgan fingerprint density at radius 2 is 1.35 bits per heavy atom. The minimum Gasteiger partial charge on any atom is -0.504 e. The van der Waals surface area contributed by atoms with E-state index in [1.807, 2.05) is 84.9 Å². The van der Waals surface area contributed by atoms with Crippen LogP contribution < -0.4 is 4.74 Å². The zero-order valence-electron chi connectivity index (χ0n) is 14.3. The molecule has 4 nitrogen and oxygen atoms in total. The second kappa shape index (κ2) is 6.76. The minimum atomic E-state index is 0.165. The summed E-state index contributed by atoms with van der Waals surface area (Å²) in [4.78, 5) is 0. The third-order valence-corrected chi connectivity index (χ3v) is 4.27. The first-order valence-electron chi connectivity index (χ1n) is 8.35. The van der Waals surface area contributed by atoms with Crippen LogP contribution >= 0.6 is 0 Å². The molecule has 26 heavy (non-hydrogen) atoms. The molecule has 3 aromatic carbocycles. The Morgan fingerprint density at radius 1 is 0.769 bits per heavy atom. The van der Waals surface area contributed by atoms with Gasteiger partial charge in [-0.15, -0.1) is 0 Å². The van der Waals surface area contributed by atoms with Gasteiger partial charge in [-0.05, 0) is 24.3 Å². The van der Waals surface area contributed by atoms with Crippen molar-refractivity contribution < 1.29 is 9.84 Å². The summed E-state index contributed by atoms with van der Waals surface area (Å²) in [6.45, 7) is 0. The van der Waals surface area contributed by atoms with Crippen molar-refractivity contribution in [2.45, 2.75) is 0 Å². The fourth-order valence-electron chi connectivity index (χ4n) is 2.97. The monoisotopic (exact) mass is 342 g/mol. The van der Waals surface area contributed by atoms with Gasteiger partial charge in [-0.1, -0.05) is 60.7 Å². The summed E-state index contributed by atoms with van der Waals surface area (Å²) in [6, 6.07) is 27.1. The number of hydrogen-bond donors (Lipinski definition) is 1. The van der Waals surface area contributed by atoms with E-state index in [1.54, 1.807) is 11.8 Å². The van der Waals surface area contributed by atoms with E-state index in [0.29, 0.717) is 11.4 Å². The maximum absolute atomic E-state index is 11.0. The molecule has 4 heteroatoms. The highest BCUT2D eigenvalue weighted by molar-refractivity contribution is 5.79. The molecule has 0 radical (unpaired) electrons. The molecule has 1 N–H and O–H groups in total. The molecule has 0 amide bonds. The van der Waals surface area contributed by atoms with E-state index < -0.39 is 0 Å². The van der Waals surface area contributed by atoms with Gasteiger partial charge in [-0.2, -0.15) is 5.10 Å². The number of benzene rings is 3. The third kappa shape index (κ3) is 2.82. The van der Waals surface area contributed by atoms with Crippen molar-refractivity contribution in [3.8, 4) is 39.7 Å². The van der Waals surface area contributed by atoms with Crippen LogP contribution in [0.2, 0.25) is 0 Å². The zero-order chi connectivity index (χ0) is 17.9. The molecule has 0 aliphatic rings. The van der Waals surface area contributed by atoms with E-state index >= 15 is 0 Å². The lowest BCUT2D eigenvalue weighted by Crippen LogP contribution is -1.99. The van der Waals surface area contributed by atoms with Crippen LogP contribution in [-0.2, 0) is 0 Å². The lowest BCUT2D eigenvalue weighted by molar-refractivity contribution is 0.414. The highest BCUT2D eigenvalue weighted by atomic mass is 16.5. The number of aromatic hydroxyl groups is 1. The summed E-state index contributed by atoms with van der Waals surface area (Å²) < 4.78 is 7.01. The summed E-state index contributed by atoms with van der Waals surface area (Å²) in [5, 5.41) is 15.7. The Bertz CT molecular complexity index is 1010. The Balaban J connectivity index is 1.94. The molecule has 0 fully saturated rings. The molecule has 0 unspecified atom stereocenters. The third-order valence-electron chi connectivity index (χ3n) is 4.27. The highest BCUT2D eigenvalue weighted by Crippen LogP contribution is 2.39. The Hall–Kier alpha value is -3.53. The predicted octanol–water partition coefficient (Wildman–Crippen LogP) is 4.92. The first-order chi connectivity index (χ1) is 12.8. The van der Waals surface area contributed by atoms with Crippen molar-refractivity contribution >= 4 is 0 Å². The van der Waals surface area contributed by atoms with Crippen molar-refractivity contribution in [2.24, 2.45) is 0 Å². The molecule has 0 saturated carbocycles. The molecule has 1 heterocycles. The van der Waals surface area contributed by atoms with Gasteiger partial charge >= 0.3 is 0 Å². The highest BCUT2D eigenvalue weighted by Gasteiger charge is 2.20. The molecule has 0 atom stereocenters. The van der Waals surface area contributed by atoms with Gasteiger partial charge in [0.25, 0.3) is 0 Å². The van der Waals surface area contributed by atoms with E-state index in [1.165, 1.54) is 0 Å². The molecule has 0 bridgehead atoms. The number of methoxy groups -OCH3 is 1. The molecular weight excluding hydrogens is 324 g/mol. The number of nitrogens with zero attached hydrogens (tertiary/aromatic N) is 2. The molecule has 128 valence electrons. The second-order valence-electron chi connectivity index (χ2n) is 5.89. The van der Waals surface area contributed by atoms with Crippen LogP contribution in [0.4, 0.5) is 0 Å². The standard InChI is InChI=1S/C22H18N2O2/c1-26-19-14-12-18(13-15-19)24-21(17-10-6-3-7-11-17)22(25)20(23-24)16-8-4-2-5-9-16/h2-15,25H,1H3. The summed E-state index contributed by atoms with van der Waals surface area (Å²) in [6.07, 6.45) is 0. The lowest BCUT2D eigenvalue weighted by atomic mass is 10.1. The van der Waals surface area contributed by atoms with Crippen LogP contribution in [0.1, 0.15) is 0 Å². The summed E-state index contributed by atoms with van der Waals surface area (Å²) in [5.41, 5.74) is 3.84. The zero-order valence-corrected chi connectivity index (χ0v) is 14.3. The van der Waals surface area contributed by atoms with Crippen LogP contribution in [0.5, 0.6) is 11.5 Å². The average Bonchev–Trinajstić information content (AvgIpc) is 3.06. The quantitative estimate of drug-likeness (QED) is 0.572. The molecule has 4 rings (SSSR count). The number of hydrogen-bond acceptors (Lipinski definition) is 3. The Morgan fingerprint density at radius 3 is 1.92 bits per heavy atom. The second-order valence-corrected chi connectivity index (χ2v) is 5.89.